The van der Waals surface area contributed by atoms with E-state index >= 15 is 0 Å². The first-order chi connectivity index (χ1) is 14.5. The van der Waals surface area contributed by atoms with Crippen molar-refractivity contribution < 1.29 is 14.3 Å². The number of thioether (sulfide) groups is 1. The molecular weight excluding hydrogens is 440 g/mol. The molecule has 0 aromatic carbocycles. The molecule has 1 aliphatic carbocycles. The maximum absolute atomic E-state index is 12.5. The Balaban J connectivity index is 1.39. The van der Waals surface area contributed by atoms with Crippen LogP contribution in [0.25, 0.3) is 0 Å². The van der Waals surface area contributed by atoms with Crippen molar-refractivity contribution in [2.45, 2.75) is 37.8 Å². The van der Waals surface area contributed by atoms with Gasteiger partial charge in [-0.3, -0.25) is 9.89 Å². The zero-order chi connectivity index (χ0) is 21.1. The minimum Gasteiger partial charge on any atom is -0.465 e. The molecule has 0 saturated heterocycles. The normalized spacial score (nSPS) is 15.6. The van der Waals surface area contributed by atoms with Gasteiger partial charge in [0, 0.05) is 16.2 Å². The Bertz CT molecular complexity index is 1040. The fourth-order valence-corrected chi connectivity index (χ4v) is 6.19. The molecule has 2 N–H and O–H groups in total. The van der Waals surface area contributed by atoms with Crippen LogP contribution in [0.2, 0.25) is 0 Å². The summed E-state index contributed by atoms with van der Waals surface area (Å²) in [6.45, 7) is 2.21. The molecule has 0 spiro atoms. The predicted octanol–water partition coefficient (Wildman–Crippen LogP) is 4.16. The number of anilines is 1. The van der Waals surface area contributed by atoms with Gasteiger partial charge in [0.25, 0.3) is 0 Å². The lowest BCUT2D eigenvalue weighted by atomic mass is 9.88. The number of nitrogens with one attached hydrogen (secondary N) is 2. The number of carbonyl (C=O) groups is 2. The molecule has 7 nitrogen and oxygen atoms in total. The maximum atomic E-state index is 12.5. The summed E-state index contributed by atoms with van der Waals surface area (Å²) >= 11 is 4.42. The highest BCUT2D eigenvalue weighted by molar-refractivity contribution is 7.99. The second-order valence-electron chi connectivity index (χ2n) is 7.21. The first kappa shape index (κ1) is 21.1. The number of esters is 1. The summed E-state index contributed by atoms with van der Waals surface area (Å²) in [5.41, 5.74) is 1.54. The minimum absolute atomic E-state index is 0.163. The summed E-state index contributed by atoms with van der Waals surface area (Å²) in [5, 5.41) is 13.1. The molecule has 0 saturated carbocycles. The van der Waals surface area contributed by atoms with Gasteiger partial charge in [0.2, 0.25) is 11.1 Å². The van der Waals surface area contributed by atoms with Gasteiger partial charge in [-0.25, -0.2) is 9.78 Å². The van der Waals surface area contributed by atoms with E-state index < -0.39 is 5.97 Å². The van der Waals surface area contributed by atoms with Crippen LogP contribution in [0.1, 0.15) is 44.8 Å². The molecular formula is C20H22N4O3S3. The number of rotatable bonds is 7. The van der Waals surface area contributed by atoms with Gasteiger partial charge in [-0.15, -0.1) is 27.8 Å². The Morgan fingerprint density at radius 3 is 3.07 bits per heavy atom. The van der Waals surface area contributed by atoms with Gasteiger partial charge in [0.05, 0.1) is 18.4 Å². The van der Waals surface area contributed by atoms with Crippen LogP contribution in [0.5, 0.6) is 0 Å². The number of carbonyl (C=O) groups excluding carboxylic acids is 2. The van der Waals surface area contributed by atoms with Gasteiger partial charge in [-0.1, -0.05) is 24.8 Å². The van der Waals surface area contributed by atoms with Crippen LogP contribution in [0.4, 0.5) is 5.00 Å². The SMILES string of the molecule is COC(=O)c1c(NC(=O)CSc2n[nH]c(Cc3cccs3)n2)sc2c1CCC(C)C2. The van der Waals surface area contributed by atoms with E-state index in [0.717, 1.165) is 30.7 Å². The molecule has 10 heteroatoms. The maximum Gasteiger partial charge on any atom is 0.341 e. The molecule has 158 valence electrons. The predicted molar refractivity (Wildman–Crippen MR) is 120 cm³/mol. The smallest absolute Gasteiger partial charge is 0.341 e. The fraction of sp³-hybridized carbons (Fsp3) is 0.400. The number of amides is 1. The molecule has 0 aliphatic heterocycles. The number of thiophene rings is 2. The van der Waals surface area contributed by atoms with Gasteiger partial charge in [-0.2, -0.15) is 0 Å². The topological polar surface area (TPSA) is 97.0 Å². The largest absolute Gasteiger partial charge is 0.465 e. The number of methoxy groups -OCH3 is 1. The molecule has 1 amide bonds. The summed E-state index contributed by atoms with van der Waals surface area (Å²) in [5.74, 6) is 0.928. The molecule has 3 aromatic heterocycles. The van der Waals surface area contributed by atoms with Crippen molar-refractivity contribution in [2.75, 3.05) is 18.2 Å². The third kappa shape index (κ3) is 4.76. The number of aromatic amines is 1. The second kappa shape index (κ2) is 9.32. The zero-order valence-electron chi connectivity index (χ0n) is 16.7. The molecule has 1 atom stereocenters. The first-order valence-electron chi connectivity index (χ1n) is 9.62. The lowest BCUT2D eigenvalue weighted by Gasteiger charge is -2.18. The Hall–Kier alpha value is -2.17. The lowest BCUT2D eigenvalue weighted by molar-refractivity contribution is -0.113. The van der Waals surface area contributed by atoms with Crippen LogP contribution in [0.3, 0.4) is 0 Å². The fourth-order valence-electron chi connectivity index (χ4n) is 3.45. The van der Waals surface area contributed by atoms with Crippen LogP contribution < -0.4 is 5.32 Å². The van der Waals surface area contributed by atoms with Gasteiger partial charge in [0.1, 0.15) is 10.8 Å². The van der Waals surface area contributed by atoms with Crippen LogP contribution >= 0.6 is 34.4 Å². The molecule has 0 bridgehead atoms. The van der Waals surface area contributed by atoms with E-state index in [2.05, 4.69) is 27.4 Å². The molecule has 30 heavy (non-hydrogen) atoms. The number of aromatic nitrogens is 3. The highest BCUT2D eigenvalue weighted by Crippen LogP contribution is 2.40. The molecule has 4 rings (SSSR count). The third-order valence-corrected chi connectivity index (χ3v) is 7.81. The average Bonchev–Trinajstić information content (AvgIpc) is 3.46. The number of nitrogens with zero attached hydrogens (tertiary/aromatic N) is 2. The van der Waals surface area contributed by atoms with Crippen LogP contribution in [0.15, 0.2) is 22.7 Å². The molecule has 1 aliphatic rings. The van der Waals surface area contributed by atoms with Crippen molar-refractivity contribution >= 4 is 51.3 Å². The summed E-state index contributed by atoms with van der Waals surface area (Å²) in [4.78, 5) is 31.7. The van der Waals surface area contributed by atoms with E-state index in [4.69, 9.17) is 4.74 Å². The monoisotopic (exact) mass is 462 g/mol. The zero-order valence-corrected chi connectivity index (χ0v) is 19.1. The number of H-pyrrole nitrogens is 1. The number of hydrogen-bond donors (Lipinski definition) is 2. The Kier molecular flexibility index (Phi) is 6.55. The minimum atomic E-state index is -0.391. The van der Waals surface area contributed by atoms with Crippen LogP contribution in [0, 0.1) is 5.92 Å². The van der Waals surface area contributed by atoms with E-state index in [0.29, 0.717) is 28.1 Å². The lowest BCUT2D eigenvalue weighted by Crippen LogP contribution is -2.17. The van der Waals surface area contributed by atoms with E-state index in [9.17, 15) is 9.59 Å². The van der Waals surface area contributed by atoms with Crippen molar-refractivity contribution in [2.24, 2.45) is 5.92 Å². The molecule has 1 unspecified atom stereocenters. The second-order valence-corrected chi connectivity index (χ2v) is 10.3. The van der Waals surface area contributed by atoms with Crippen molar-refractivity contribution in [3.63, 3.8) is 0 Å². The third-order valence-electron chi connectivity index (χ3n) is 4.92. The first-order valence-corrected chi connectivity index (χ1v) is 12.3. The van der Waals surface area contributed by atoms with Gasteiger partial charge in [-0.05, 0) is 42.2 Å². The van der Waals surface area contributed by atoms with Crippen LogP contribution in [-0.2, 0) is 28.8 Å². The van der Waals surface area contributed by atoms with Gasteiger partial charge in [0.15, 0.2) is 0 Å². The Morgan fingerprint density at radius 1 is 1.43 bits per heavy atom. The number of hydrogen-bond acceptors (Lipinski definition) is 8. The Morgan fingerprint density at radius 2 is 2.30 bits per heavy atom. The van der Waals surface area contributed by atoms with Crippen molar-refractivity contribution in [3.8, 4) is 0 Å². The van der Waals surface area contributed by atoms with Crippen LogP contribution in [-0.4, -0.2) is 39.9 Å². The number of fused-ring (bicyclic) bond motifs is 1. The summed E-state index contributed by atoms with van der Waals surface area (Å²) < 4.78 is 4.97. The van der Waals surface area contributed by atoms with E-state index in [1.54, 1.807) is 11.3 Å². The van der Waals surface area contributed by atoms with Crippen molar-refractivity contribution in [1.82, 2.24) is 15.2 Å². The molecule has 0 radical (unpaired) electrons. The standard InChI is InChI=1S/C20H22N4O3S3/c1-11-5-6-13-14(8-11)30-18(17(13)19(26)27-2)22-16(25)10-29-20-21-15(23-24-20)9-12-4-3-7-28-12/h3-4,7,11H,5-6,8-10H2,1-2H3,(H,22,25)(H,21,23,24). The Labute approximate surface area is 186 Å². The average molecular weight is 463 g/mol. The van der Waals surface area contributed by atoms with E-state index in [1.165, 1.54) is 40.0 Å². The summed E-state index contributed by atoms with van der Waals surface area (Å²) in [6.07, 6.45) is 3.50. The summed E-state index contributed by atoms with van der Waals surface area (Å²) in [6, 6.07) is 4.05. The van der Waals surface area contributed by atoms with E-state index in [1.807, 2.05) is 17.5 Å². The summed E-state index contributed by atoms with van der Waals surface area (Å²) in [7, 11) is 1.37. The van der Waals surface area contributed by atoms with E-state index in [-0.39, 0.29) is 11.7 Å². The van der Waals surface area contributed by atoms with Crippen molar-refractivity contribution in [3.05, 3.63) is 44.2 Å². The van der Waals surface area contributed by atoms with Crippen molar-refractivity contribution in [1.29, 1.82) is 0 Å². The highest BCUT2D eigenvalue weighted by atomic mass is 32.2. The highest BCUT2D eigenvalue weighted by Gasteiger charge is 2.28. The van der Waals surface area contributed by atoms with Gasteiger partial charge < -0.3 is 10.1 Å². The molecule has 3 heterocycles. The number of ether oxygens (including phenoxy) is 1. The van der Waals surface area contributed by atoms with Gasteiger partial charge >= 0.3 is 5.97 Å². The quantitative estimate of drug-likeness (QED) is 0.404. The molecule has 3 aromatic rings. The molecule has 0 fully saturated rings.